The smallest absolute Gasteiger partial charge is 0.295 e. The largest absolute Gasteiger partial charge is 0.507 e. The van der Waals surface area contributed by atoms with Gasteiger partial charge in [0.25, 0.3) is 11.7 Å². The number of aliphatic hydroxyl groups is 1. The molecule has 1 atom stereocenters. The van der Waals surface area contributed by atoms with E-state index >= 15 is 0 Å². The van der Waals surface area contributed by atoms with E-state index in [1.807, 2.05) is 50.2 Å². The molecule has 0 radical (unpaired) electrons. The second-order valence-electron chi connectivity index (χ2n) is 7.89. The number of carbonyl (C=O) groups excluding carboxylic acids is 2. The van der Waals surface area contributed by atoms with Crippen molar-refractivity contribution >= 4 is 17.4 Å². The highest BCUT2D eigenvalue weighted by Gasteiger charge is 2.46. The van der Waals surface area contributed by atoms with Crippen LogP contribution in [0.5, 0.6) is 5.75 Å². The van der Waals surface area contributed by atoms with Crippen LogP contribution in [0.15, 0.2) is 84.7 Å². The lowest BCUT2D eigenvalue weighted by Gasteiger charge is -2.25. The molecule has 162 valence electrons. The molecule has 0 bridgehead atoms. The quantitative estimate of drug-likeness (QED) is 0.355. The Kier molecular flexibility index (Phi) is 6.03. The van der Waals surface area contributed by atoms with Gasteiger partial charge < -0.3 is 14.7 Å². The predicted molar refractivity (Wildman–Crippen MR) is 121 cm³/mol. The van der Waals surface area contributed by atoms with Crippen molar-refractivity contribution in [2.24, 2.45) is 0 Å². The minimum atomic E-state index is -0.733. The van der Waals surface area contributed by atoms with Gasteiger partial charge in [0.15, 0.2) is 0 Å². The summed E-state index contributed by atoms with van der Waals surface area (Å²) in [5.41, 5.74) is 2.06. The lowest BCUT2D eigenvalue weighted by molar-refractivity contribution is -0.140. The standard InChI is InChI=1S/C26H24N2O4/c1-17(2)32-21-12-10-19(11-13-21)23-22(24(29)20-8-4-3-5-9-20)25(30)26(31)28(23)16-18-7-6-14-27-15-18/h3-15,17,23,29H,16H2,1-2H3/b24-22-. The van der Waals surface area contributed by atoms with Gasteiger partial charge in [-0.2, -0.15) is 0 Å². The molecule has 0 saturated carbocycles. The number of amides is 1. The molecule has 1 aliphatic rings. The monoisotopic (exact) mass is 428 g/mol. The predicted octanol–water partition coefficient (Wildman–Crippen LogP) is 4.49. The fraction of sp³-hybridized carbons (Fsp3) is 0.192. The molecule has 0 spiro atoms. The summed E-state index contributed by atoms with van der Waals surface area (Å²) in [5, 5.41) is 11.0. The zero-order chi connectivity index (χ0) is 22.7. The molecule has 2 aromatic carbocycles. The van der Waals surface area contributed by atoms with E-state index in [0.29, 0.717) is 16.9 Å². The number of ether oxygens (including phenoxy) is 1. The van der Waals surface area contributed by atoms with Crippen molar-refractivity contribution in [2.45, 2.75) is 32.5 Å². The van der Waals surface area contributed by atoms with E-state index < -0.39 is 17.7 Å². The number of rotatable bonds is 6. The van der Waals surface area contributed by atoms with Gasteiger partial charge in [-0.15, -0.1) is 0 Å². The summed E-state index contributed by atoms with van der Waals surface area (Å²) in [7, 11) is 0. The van der Waals surface area contributed by atoms with Crippen molar-refractivity contribution in [2.75, 3.05) is 0 Å². The molecule has 1 fully saturated rings. The van der Waals surface area contributed by atoms with E-state index in [1.165, 1.54) is 4.90 Å². The number of hydrogen-bond donors (Lipinski definition) is 1. The van der Waals surface area contributed by atoms with Crippen molar-refractivity contribution in [1.29, 1.82) is 0 Å². The molecule has 4 rings (SSSR count). The van der Waals surface area contributed by atoms with E-state index in [2.05, 4.69) is 4.98 Å². The van der Waals surface area contributed by atoms with Crippen molar-refractivity contribution in [1.82, 2.24) is 9.88 Å². The van der Waals surface area contributed by atoms with Crippen LogP contribution in [-0.4, -0.2) is 32.8 Å². The number of nitrogens with zero attached hydrogens (tertiary/aromatic N) is 2. The molecule has 1 aliphatic heterocycles. The summed E-state index contributed by atoms with van der Waals surface area (Å²) in [4.78, 5) is 31.7. The number of ketones is 1. The maximum atomic E-state index is 13.1. The lowest BCUT2D eigenvalue weighted by atomic mass is 9.95. The molecule has 6 heteroatoms. The molecule has 1 aromatic heterocycles. The maximum Gasteiger partial charge on any atom is 0.295 e. The van der Waals surface area contributed by atoms with Crippen LogP contribution in [0.25, 0.3) is 5.76 Å². The van der Waals surface area contributed by atoms with Crippen molar-refractivity contribution in [3.8, 4) is 5.75 Å². The topological polar surface area (TPSA) is 79.7 Å². The third-order valence-corrected chi connectivity index (χ3v) is 5.23. The van der Waals surface area contributed by atoms with E-state index in [4.69, 9.17) is 4.74 Å². The fourth-order valence-electron chi connectivity index (χ4n) is 3.83. The number of pyridine rings is 1. The van der Waals surface area contributed by atoms with Crippen LogP contribution in [0.2, 0.25) is 0 Å². The van der Waals surface area contributed by atoms with Crippen molar-refractivity contribution in [3.63, 3.8) is 0 Å². The van der Waals surface area contributed by atoms with Crippen LogP contribution in [-0.2, 0) is 16.1 Å². The molecule has 0 aliphatic carbocycles. The number of likely N-dealkylation sites (tertiary alicyclic amines) is 1. The zero-order valence-electron chi connectivity index (χ0n) is 17.9. The van der Waals surface area contributed by atoms with Crippen LogP contribution >= 0.6 is 0 Å². The number of Topliss-reactive ketones (excluding diaryl/α,β-unsaturated/α-hetero) is 1. The summed E-state index contributed by atoms with van der Waals surface area (Å²) in [6, 6.07) is 18.9. The second kappa shape index (κ2) is 9.06. The Morgan fingerprint density at radius 3 is 2.38 bits per heavy atom. The van der Waals surface area contributed by atoms with E-state index in [1.54, 1.807) is 42.7 Å². The third kappa shape index (κ3) is 4.25. The number of benzene rings is 2. The Morgan fingerprint density at radius 1 is 1.03 bits per heavy atom. The lowest BCUT2D eigenvalue weighted by Crippen LogP contribution is -2.29. The first-order chi connectivity index (χ1) is 15.5. The number of aromatic nitrogens is 1. The van der Waals surface area contributed by atoms with E-state index in [-0.39, 0.29) is 24.0 Å². The molecule has 1 saturated heterocycles. The highest BCUT2D eigenvalue weighted by Crippen LogP contribution is 2.40. The maximum absolute atomic E-state index is 13.1. The zero-order valence-corrected chi connectivity index (χ0v) is 17.9. The summed E-state index contributed by atoms with van der Waals surface area (Å²) in [5.74, 6) is -0.859. The van der Waals surface area contributed by atoms with E-state index in [9.17, 15) is 14.7 Å². The molecule has 32 heavy (non-hydrogen) atoms. The van der Waals surface area contributed by atoms with Gasteiger partial charge in [0.05, 0.1) is 17.7 Å². The normalized spacial score (nSPS) is 17.7. The summed E-state index contributed by atoms with van der Waals surface area (Å²) in [6.45, 7) is 4.08. The third-order valence-electron chi connectivity index (χ3n) is 5.23. The van der Waals surface area contributed by atoms with Gasteiger partial charge in [-0.3, -0.25) is 14.6 Å². The molecule has 3 aromatic rings. The SMILES string of the molecule is CC(C)Oc1ccc(C2/C(=C(/O)c3ccccc3)C(=O)C(=O)N2Cc2cccnc2)cc1. The summed E-state index contributed by atoms with van der Waals surface area (Å²) < 4.78 is 5.72. The van der Waals surface area contributed by atoms with Crippen LogP contribution in [0.3, 0.4) is 0 Å². The molecule has 2 heterocycles. The van der Waals surface area contributed by atoms with Crippen LogP contribution in [0.4, 0.5) is 0 Å². The molecule has 1 amide bonds. The first-order valence-corrected chi connectivity index (χ1v) is 10.4. The number of carbonyl (C=O) groups is 2. The average molecular weight is 428 g/mol. The van der Waals surface area contributed by atoms with Gasteiger partial charge in [-0.25, -0.2) is 0 Å². The Bertz CT molecular complexity index is 1140. The molecule has 6 nitrogen and oxygen atoms in total. The van der Waals surface area contributed by atoms with Gasteiger partial charge in [0.1, 0.15) is 11.5 Å². The first-order valence-electron chi connectivity index (χ1n) is 10.4. The Morgan fingerprint density at radius 2 is 1.75 bits per heavy atom. The average Bonchev–Trinajstić information content (AvgIpc) is 3.05. The Labute approximate surface area is 186 Å². The van der Waals surface area contributed by atoms with Gasteiger partial charge >= 0.3 is 0 Å². The molecular formula is C26H24N2O4. The summed E-state index contributed by atoms with van der Waals surface area (Å²) >= 11 is 0. The minimum absolute atomic E-state index is 0.0233. The van der Waals surface area contributed by atoms with Gasteiger partial charge in [-0.1, -0.05) is 48.5 Å². The molecule has 1 N–H and O–H groups in total. The van der Waals surface area contributed by atoms with Crippen LogP contribution in [0.1, 0.15) is 36.6 Å². The van der Waals surface area contributed by atoms with Gasteiger partial charge in [0, 0.05) is 24.5 Å². The van der Waals surface area contributed by atoms with Crippen LogP contribution in [0, 0.1) is 0 Å². The van der Waals surface area contributed by atoms with Crippen molar-refractivity contribution < 1.29 is 19.4 Å². The first kappa shape index (κ1) is 21.3. The highest BCUT2D eigenvalue weighted by molar-refractivity contribution is 6.46. The number of hydrogen-bond acceptors (Lipinski definition) is 5. The van der Waals surface area contributed by atoms with Gasteiger partial charge in [0.2, 0.25) is 0 Å². The minimum Gasteiger partial charge on any atom is -0.507 e. The highest BCUT2D eigenvalue weighted by atomic mass is 16.5. The van der Waals surface area contributed by atoms with E-state index in [0.717, 1.165) is 5.56 Å². The Hall–Kier alpha value is -3.93. The number of aliphatic hydroxyl groups excluding tert-OH is 1. The Balaban J connectivity index is 1.81. The van der Waals surface area contributed by atoms with Gasteiger partial charge in [-0.05, 0) is 43.2 Å². The fourth-order valence-corrected chi connectivity index (χ4v) is 3.83. The van der Waals surface area contributed by atoms with Crippen molar-refractivity contribution in [3.05, 3.63) is 101 Å². The van der Waals surface area contributed by atoms with Crippen LogP contribution < -0.4 is 4.74 Å². The molecule has 1 unspecified atom stereocenters. The molecular weight excluding hydrogens is 404 g/mol. The second-order valence-corrected chi connectivity index (χ2v) is 7.89. The summed E-state index contributed by atoms with van der Waals surface area (Å²) in [6.07, 6.45) is 3.33.